The van der Waals surface area contributed by atoms with E-state index in [-0.39, 0.29) is 0 Å². The standard InChI is InChI=1S/C17H17N7/c1-13-20-17(24(21-13)16-8-9-18-22(16)2)15-10-19-23(12-15)11-14-6-4-3-5-7-14/h3-10,12H,11H2,1-2H3. The maximum absolute atomic E-state index is 4.56. The third kappa shape index (κ3) is 2.60. The molecule has 0 atom stereocenters. The van der Waals surface area contributed by atoms with Gasteiger partial charge in [0, 0.05) is 19.3 Å². The van der Waals surface area contributed by atoms with Crippen LogP contribution in [-0.2, 0) is 13.6 Å². The second kappa shape index (κ2) is 5.77. The minimum atomic E-state index is 0.710. The molecular weight excluding hydrogens is 302 g/mol. The van der Waals surface area contributed by atoms with E-state index in [4.69, 9.17) is 0 Å². The fraction of sp³-hybridized carbons (Fsp3) is 0.176. The van der Waals surface area contributed by atoms with E-state index >= 15 is 0 Å². The third-order valence-corrected chi connectivity index (χ3v) is 3.80. The average molecular weight is 319 g/mol. The summed E-state index contributed by atoms with van der Waals surface area (Å²) >= 11 is 0. The summed E-state index contributed by atoms with van der Waals surface area (Å²) in [5, 5.41) is 13.2. The maximum atomic E-state index is 4.56. The highest BCUT2D eigenvalue weighted by molar-refractivity contribution is 5.55. The van der Waals surface area contributed by atoms with E-state index < -0.39 is 0 Å². The molecule has 24 heavy (non-hydrogen) atoms. The molecule has 0 saturated heterocycles. The number of rotatable bonds is 4. The molecule has 1 aromatic carbocycles. The van der Waals surface area contributed by atoms with Crippen molar-refractivity contribution in [1.29, 1.82) is 0 Å². The summed E-state index contributed by atoms with van der Waals surface area (Å²) in [5.41, 5.74) is 2.13. The Labute approximate surface area is 139 Å². The molecule has 0 radical (unpaired) electrons. The molecule has 0 N–H and O–H groups in total. The highest BCUT2D eigenvalue weighted by Gasteiger charge is 2.15. The van der Waals surface area contributed by atoms with Crippen LogP contribution in [0.2, 0.25) is 0 Å². The zero-order valence-corrected chi connectivity index (χ0v) is 13.5. The van der Waals surface area contributed by atoms with Crippen LogP contribution in [0.3, 0.4) is 0 Å². The molecule has 0 aliphatic carbocycles. The molecule has 0 aliphatic heterocycles. The molecule has 0 saturated carbocycles. The Bertz CT molecular complexity index is 962. The summed E-state index contributed by atoms with van der Waals surface area (Å²) in [7, 11) is 1.88. The number of aryl methyl sites for hydroxylation is 2. The Morgan fingerprint density at radius 2 is 1.88 bits per heavy atom. The molecule has 0 fully saturated rings. The molecule has 7 heteroatoms. The van der Waals surface area contributed by atoms with Gasteiger partial charge in [0.1, 0.15) is 5.82 Å². The lowest BCUT2D eigenvalue weighted by Crippen LogP contribution is -2.06. The molecular formula is C17H17N7. The lowest BCUT2D eigenvalue weighted by molar-refractivity contribution is 0.686. The van der Waals surface area contributed by atoms with Gasteiger partial charge in [0.2, 0.25) is 0 Å². The van der Waals surface area contributed by atoms with Crippen molar-refractivity contribution in [3.05, 3.63) is 66.4 Å². The van der Waals surface area contributed by atoms with Crippen molar-refractivity contribution >= 4 is 0 Å². The molecule has 120 valence electrons. The van der Waals surface area contributed by atoms with Crippen molar-refractivity contribution in [3.63, 3.8) is 0 Å². The first kappa shape index (κ1) is 14.4. The molecule has 3 aromatic heterocycles. The molecule has 0 bridgehead atoms. The predicted molar refractivity (Wildman–Crippen MR) is 89.6 cm³/mol. The van der Waals surface area contributed by atoms with E-state index in [0.717, 1.165) is 23.8 Å². The van der Waals surface area contributed by atoms with Gasteiger partial charge in [-0.3, -0.25) is 9.36 Å². The van der Waals surface area contributed by atoms with Crippen LogP contribution in [0.5, 0.6) is 0 Å². The van der Waals surface area contributed by atoms with E-state index in [9.17, 15) is 0 Å². The Kier molecular flexibility index (Phi) is 3.45. The van der Waals surface area contributed by atoms with Crippen LogP contribution in [-0.4, -0.2) is 34.3 Å². The number of benzene rings is 1. The molecule has 7 nitrogen and oxygen atoms in total. The van der Waals surface area contributed by atoms with Crippen LogP contribution in [0.25, 0.3) is 17.2 Å². The van der Waals surface area contributed by atoms with E-state index in [2.05, 4.69) is 32.4 Å². The quantitative estimate of drug-likeness (QED) is 0.578. The maximum Gasteiger partial charge on any atom is 0.168 e. The Hall–Kier alpha value is -3.22. The number of nitrogens with zero attached hydrogens (tertiary/aromatic N) is 7. The van der Waals surface area contributed by atoms with Crippen LogP contribution >= 0.6 is 0 Å². The van der Waals surface area contributed by atoms with Gasteiger partial charge in [0.15, 0.2) is 11.6 Å². The second-order valence-electron chi connectivity index (χ2n) is 5.62. The van der Waals surface area contributed by atoms with Crippen LogP contribution in [0.4, 0.5) is 0 Å². The SMILES string of the molecule is Cc1nc(-c2cnn(Cc3ccccc3)c2)n(-c2ccnn2C)n1. The fourth-order valence-electron chi connectivity index (χ4n) is 2.67. The van der Waals surface area contributed by atoms with Crippen LogP contribution in [0, 0.1) is 6.92 Å². The van der Waals surface area contributed by atoms with E-state index in [0.29, 0.717) is 5.82 Å². The third-order valence-electron chi connectivity index (χ3n) is 3.80. The minimum absolute atomic E-state index is 0.710. The number of aromatic nitrogens is 7. The van der Waals surface area contributed by atoms with Crippen molar-refractivity contribution in [2.75, 3.05) is 0 Å². The summed E-state index contributed by atoms with van der Waals surface area (Å²) in [5.74, 6) is 2.33. The van der Waals surface area contributed by atoms with Crippen molar-refractivity contribution in [1.82, 2.24) is 34.3 Å². The molecule has 4 rings (SSSR count). The number of hydrogen-bond donors (Lipinski definition) is 0. The largest absolute Gasteiger partial charge is 0.268 e. The van der Waals surface area contributed by atoms with Gasteiger partial charge in [-0.05, 0) is 12.5 Å². The van der Waals surface area contributed by atoms with Gasteiger partial charge in [0.25, 0.3) is 0 Å². The van der Waals surface area contributed by atoms with Gasteiger partial charge in [-0.15, -0.1) is 5.10 Å². The first-order valence-corrected chi connectivity index (χ1v) is 7.69. The van der Waals surface area contributed by atoms with Crippen molar-refractivity contribution in [2.24, 2.45) is 7.05 Å². The van der Waals surface area contributed by atoms with Gasteiger partial charge in [0.05, 0.1) is 24.5 Å². The first-order valence-electron chi connectivity index (χ1n) is 7.69. The Morgan fingerprint density at radius 1 is 1.04 bits per heavy atom. The van der Waals surface area contributed by atoms with Gasteiger partial charge in [-0.2, -0.15) is 14.9 Å². The monoisotopic (exact) mass is 319 g/mol. The molecule has 0 aliphatic rings. The summed E-state index contributed by atoms with van der Waals surface area (Å²) in [6.07, 6.45) is 5.55. The van der Waals surface area contributed by atoms with Crippen LogP contribution in [0.1, 0.15) is 11.4 Å². The van der Waals surface area contributed by atoms with Crippen molar-refractivity contribution < 1.29 is 0 Å². The Balaban J connectivity index is 1.69. The summed E-state index contributed by atoms with van der Waals surface area (Å²) in [6, 6.07) is 12.2. The fourth-order valence-corrected chi connectivity index (χ4v) is 2.67. The minimum Gasteiger partial charge on any atom is -0.268 e. The van der Waals surface area contributed by atoms with Gasteiger partial charge >= 0.3 is 0 Å². The van der Waals surface area contributed by atoms with Crippen molar-refractivity contribution in [3.8, 4) is 17.2 Å². The summed E-state index contributed by atoms with van der Waals surface area (Å²) < 4.78 is 5.47. The van der Waals surface area contributed by atoms with Crippen molar-refractivity contribution in [2.45, 2.75) is 13.5 Å². The molecule has 0 unspecified atom stereocenters. The Morgan fingerprint density at radius 3 is 2.62 bits per heavy atom. The van der Waals surface area contributed by atoms with Gasteiger partial charge in [-0.25, -0.2) is 4.98 Å². The molecule has 0 spiro atoms. The predicted octanol–water partition coefficient (Wildman–Crippen LogP) is 2.22. The zero-order valence-electron chi connectivity index (χ0n) is 13.5. The van der Waals surface area contributed by atoms with Crippen LogP contribution < -0.4 is 0 Å². The van der Waals surface area contributed by atoms with E-state index in [1.807, 2.05) is 55.3 Å². The normalized spacial score (nSPS) is 11.1. The highest BCUT2D eigenvalue weighted by atomic mass is 15.4. The number of hydrogen-bond acceptors (Lipinski definition) is 4. The van der Waals surface area contributed by atoms with Gasteiger partial charge < -0.3 is 0 Å². The van der Waals surface area contributed by atoms with Crippen LogP contribution in [0.15, 0.2) is 55.0 Å². The first-order chi connectivity index (χ1) is 11.7. The lowest BCUT2D eigenvalue weighted by atomic mass is 10.2. The zero-order chi connectivity index (χ0) is 16.5. The second-order valence-corrected chi connectivity index (χ2v) is 5.62. The van der Waals surface area contributed by atoms with E-state index in [1.165, 1.54) is 5.56 Å². The molecule has 3 heterocycles. The summed E-state index contributed by atoms with van der Waals surface area (Å²) in [6.45, 7) is 2.60. The molecule has 4 aromatic rings. The average Bonchev–Trinajstić information content (AvgIpc) is 3.28. The molecule has 0 amide bonds. The summed E-state index contributed by atoms with van der Waals surface area (Å²) in [4.78, 5) is 4.56. The van der Waals surface area contributed by atoms with Gasteiger partial charge in [-0.1, -0.05) is 30.3 Å². The smallest absolute Gasteiger partial charge is 0.168 e. The highest BCUT2D eigenvalue weighted by Crippen LogP contribution is 2.20. The van der Waals surface area contributed by atoms with E-state index in [1.54, 1.807) is 15.6 Å². The lowest BCUT2D eigenvalue weighted by Gasteiger charge is -2.04. The topological polar surface area (TPSA) is 66.3 Å².